The molecule has 2 aliphatic heterocycles. The normalized spacial score (nSPS) is 30.6. The molecule has 3 rings (SSSR count). The van der Waals surface area contributed by atoms with Crippen molar-refractivity contribution in [3.63, 3.8) is 0 Å². The Kier molecular flexibility index (Phi) is 4.27. The van der Waals surface area contributed by atoms with E-state index in [-0.39, 0.29) is 0 Å². The van der Waals surface area contributed by atoms with Crippen LogP contribution in [0.1, 0.15) is 37.7 Å². The van der Waals surface area contributed by atoms with Gasteiger partial charge in [-0.3, -0.25) is 4.90 Å². The third-order valence-corrected chi connectivity index (χ3v) is 5.01. The number of benzene rings is 1. The molecule has 110 valence electrons. The molecule has 2 N–H and O–H groups in total. The van der Waals surface area contributed by atoms with Gasteiger partial charge in [-0.05, 0) is 43.4 Å². The Bertz CT molecular complexity index is 448. The van der Waals surface area contributed by atoms with E-state index in [1.807, 2.05) is 0 Å². The second kappa shape index (κ2) is 6.15. The summed E-state index contributed by atoms with van der Waals surface area (Å²) in [5.41, 5.74) is 7.40. The van der Waals surface area contributed by atoms with E-state index in [9.17, 15) is 0 Å². The summed E-state index contributed by atoms with van der Waals surface area (Å²) >= 11 is 0. The molecular formula is C17H26N2O. The van der Waals surface area contributed by atoms with Crippen LogP contribution in [-0.2, 0) is 0 Å². The first-order valence-electron chi connectivity index (χ1n) is 7.95. The molecule has 3 unspecified atom stereocenters. The lowest BCUT2D eigenvalue weighted by atomic mass is 9.87. The number of piperidine rings is 1. The SMILES string of the molecule is CC1CCCN(CC2CCOc3ccccc32)C1CN. The zero-order chi connectivity index (χ0) is 13.9. The van der Waals surface area contributed by atoms with Crippen LogP contribution in [0, 0.1) is 5.92 Å². The lowest BCUT2D eigenvalue weighted by Gasteiger charge is -2.42. The van der Waals surface area contributed by atoms with Crippen LogP contribution >= 0.6 is 0 Å². The number of hydrogen-bond acceptors (Lipinski definition) is 3. The Labute approximate surface area is 122 Å². The molecule has 0 bridgehead atoms. The van der Waals surface area contributed by atoms with E-state index >= 15 is 0 Å². The topological polar surface area (TPSA) is 38.5 Å². The van der Waals surface area contributed by atoms with Gasteiger partial charge in [0.15, 0.2) is 0 Å². The molecule has 0 amide bonds. The number of fused-ring (bicyclic) bond motifs is 1. The Hall–Kier alpha value is -1.06. The predicted molar refractivity (Wildman–Crippen MR) is 82.1 cm³/mol. The summed E-state index contributed by atoms with van der Waals surface area (Å²) in [6, 6.07) is 9.07. The average Bonchev–Trinajstić information content (AvgIpc) is 2.48. The van der Waals surface area contributed by atoms with E-state index in [1.54, 1.807) is 0 Å². The first-order valence-corrected chi connectivity index (χ1v) is 7.95. The molecule has 2 aliphatic rings. The minimum Gasteiger partial charge on any atom is -0.493 e. The molecule has 0 spiro atoms. The van der Waals surface area contributed by atoms with Crippen LogP contribution in [-0.4, -0.2) is 37.2 Å². The van der Waals surface area contributed by atoms with Gasteiger partial charge < -0.3 is 10.5 Å². The van der Waals surface area contributed by atoms with Gasteiger partial charge in [0.1, 0.15) is 5.75 Å². The maximum Gasteiger partial charge on any atom is 0.122 e. The first kappa shape index (κ1) is 13.9. The maximum atomic E-state index is 6.02. The monoisotopic (exact) mass is 274 g/mol. The first-order chi connectivity index (χ1) is 9.79. The van der Waals surface area contributed by atoms with Gasteiger partial charge in [-0.2, -0.15) is 0 Å². The minimum absolute atomic E-state index is 0.554. The number of para-hydroxylation sites is 1. The Morgan fingerprint density at radius 3 is 3.00 bits per heavy atom. The van der Waals surface area contributed by atoms with E-state index in [0.29, 0.717) is 12.0 Å². The van der Waals surface area contributed by atoms with Crippen molar-refractivity contribution in [2.24, 2.45) is 11.7 Å². The number of rotatable bonds is 3. The molecule has 0 aromatic heterocycles. The van der Waals surface area contributed by atoms with Crippen molar-refractivity contribution in [1.29, 1.82) is 0 Å². The number of hydrogen-bond donors (Lipinski definition) is 1. The fraction of sp³-hybridized carbons (Fsp3) is 0.647. The summed E-state index contributed by atoms with van der Waals surface area (Å²) in [5.74, 6) is 2.40. The van der Waals surface area contributed by atoms with Crippen LogP contribution in [0.3, 0.4) is 0 Å². The molecule has 0 radical (unpaired) electrons. The summed E-state index contributed by atoms with van der Waals surface area (Å²) < 4.78 is 5.77. The predicted octanol–water partition coefficient (Wildman–Crippen LogP) is 2.61. The number of nitrogens with two attached hydrogens (primary N) is 1. The van der Waals surface area contributed by atoms with Crippen molar-refractivity contribution in [1.82, 2.24) is 4.90 Å². The summed E-state index contributed by atoms with van der Waals surface area (Å²) in [6.07, 6.45) is 3.75. The highest BCUT2D eigenvalue weighted by molar-refractivity contribution is 5.38. The molecule has 1 fully saturated rings. The molecule has 3 heteroatoms. The van der Waals surface area contributed by atoms with Gasteiger partial charge in [-0.25, -0.2) is 0 Å². The highest BCUT2D eigenvalue weighted by Crippen LogP contribution is 2.35. The largest absolute Gasteiger partial charge is 0.493 e. The number of ether oxygens (including phenoxy) is 1. The molecular weight excluding hydrogens is 248 g/mol. The van der Waals surface area contributed by atoms with Crippen LogP contribution in [0.25, 0.3) is 0 Å². The van der Waals surface area contributed by atoms with Crippen molar-refractivity contribution >= 4 is 0 Å². The van der Waals surface area contributed by atoms with E-state index in [1.165, 1.54) is 24.9 Å². The second-order valence-electron chi connectivity index (χ2n) is 6.29. The third kappa shape index (κ3) is 2.70. The maximum absolute atomic E-state index is 6.02. The van der Waals surface area contributed by atoms with E-state index in [0.717, 1.165) is 37.8 Å². The smallest absolute Gasteiger partial charge is 0.122 e. The molecule has 1 aromatic rings. The minimum atomic E-state index is 0.554. The second-order valence-corrected chi connectivity index (χ2v) is 6.29. The number of likely N-dealkylation sites (tertiary alicyclic amines) is 1. The molecule has 20 heavy (non-hydrogen) atoms. The van der Waals surface area contributed by atoms with Gasteiger partial charge >= 0.3 is 0 Å². The molecule has 1 aromatic carbocycles. The summed E-state index contributed by atoms with van der Waals surface area (Å²) in [4.78, 5) is 2.63. The van der Waals surface area contributed by atoms with Crippen molar-refractivity contribution in [3.8, 4) is 5.75 Å². The summed E-state index contributed by atoms with van der Waals surface area (Å²) in [7, 11) is 0. The van der Waals surface area contributed by atoms with Crippen molar-refractivity contribution < 1.29 is 4.74 Å². The van der Waals surface area contributed by atoms with Gasteiger partial charge in [-0.1, -0.05) is 25.1 Å². The van der Waals surface area contributed by atoms with Crippen LogP contribution in [0.2, 0.25) is 0 Å². The zero-order valence-corrected chi connectivity index (χ0v) is 12.4. The van der Waals surface area contributed by atoms with Gasteiger partial charge in [-0.15, -0.1) is 0 Å². The molecule has 3 atom stereocenters. The third-order valence-electron chi connectivity index (χ3n) is 5.01. The fourth-order valence-corrected chi connectivity index (χ4v) is 3.83. The van der Waals surface area contributed by atoms with E-state index < -0.39 is 0 Å². The Balaban J connectivity index is 1.74. The Morgan fingerprint density at radius 1 is 1.30 bits per heavy atom. The van der Waals surface area contributed by atoms with Crippen molar-refractivity contribution in [3.05, 3.63) is 29.8 Å². The van der Waals surface area contributed by atoms with Gasteiger partial charge in [0.25, 0.3) is 0 Å². The molecule has 1 saturated heterocycles. The molecule has 3 nitrogen and oxygen atoms in total. The van der Waals surface area contributed by atoms with Gasteiger partial charge in [0.05, 0.1) is 6.61 Å². The van der Waals surface area contributed by atoms with Crippen molar-refractivity contribution in [2.45, 2.75) is 38.1 Å². The quantitative estimate of drug-likeness (QED) is 0.921. The highest BCUT2D eigenvalue weighted by atomic mass is 16.5. The zero-order valence-electron chi connectivity index (χ0n) is 12.4. The lowest BCUT2D eigenvalue weighted by molar-refractivity contribution is 0.0924. The van der Waals surface area contributed by atoms with Crippen molar-refractivity contribution in [2.75, 3.05) is 26.2 Å². The highest BCUT2D eigenvalue weighted by Gasteiger charge is 2.31. The lowest BCUT2D eigenvalue weighted by Crippen LogP contribution is -2.50. The average molecular weight is 274 g/mol. The van der Waals surface area contributed by atoms with Gasteiger partial charge in [0, 0.05) is 25.0 Å². The van der Waals surface area contributed by atoms with Crippen LogP contribution in [0.5, 0.6) is 5.75 Å². The van der Waals surface area contributed by atoms with E-state index in [2.05, 4.69) is 36.1 Å². The summed E-state index contributed by atoms with van der Waals surface area (Å²) in [6.45, 7) is 6.31. The van der Waals surface area contributed by atoms with E-state index in [4.69, 9.17) is 10.5 Å². The molecule has 0 saturated carbocycles. The molecule has 0 aliphatic carbocycles. The van der Waals surface area contributed by atoms with Gasteiger partial charge in [0.2, 0.25) is 0 Å². The van der Waals surface area contributed by atoms with Crippen LogP contribution < -0.4 is 10.5 Å². The molecule has 2 heterocycles. The standard InChI is InChI=1S/C17H26N2O/c1-13-5-4-9-19(16(13)11-18)12-14-8-10-20-17-7-3-2-6-15(14)17/h2-3,6-7,13-14,16H,4-5,8-12,18H2,1H3. The Morgan fingerprint density at radius 2 is 2.15 bits per heavy atom. The fourth-order valence-electron chi connectivity index (χ4n) is 3.83. The number of nitrogens with zero attached hydrogens (tertiary/aromatic N) is 1. The summed E-state index contributed by atoms with van der Waals surface area (Å²) in [5, 5.41) is 0. The van der Waals surface area contributed by atoms with Crippen LogP contribution in [0.4, 0.5) is 0 Å². The van der Waals surface area contributed by atoms with Crippen LogP contribution in [0.15, 0.2) is 24.3 Å².